The van der Waals surface area contributed by atoms with Crippen LogP contribution in [0.1, 0.15) is 33.8 Å². The largest absolute Gasteiger partial charge is 0.322 e. The number of carbonyl (C=O) groups is 2. The maximum atomic E-state index is 12.6. The molecule has 1 aliphatic heterocycles. The molecule has 1 saturated heterocycles. The summed E-state index contributed by atoms with van der Waals surface area (Å²) in [5.41, 5.74) is 4.11. The van der Waals surface area contributed by atoms with Crippen LogP contribution in [0.25, 0.3) is 0 Å². The smallest absolute Gasteiger partial charge is 0.257 e. The van der Waals surface area contributed by atoms with Crippen LogP contribution in [0.4, 0.5) is 11.4 Å². The second-order valence-electron chi connectivity index (χ2n) is 7.15. The van der Waals surface area contributed by atoms with Crippen LogP contribution in [-0.4, -0.2) is 17.6 Å². The number of amides is 2. The number of hydrogen-bond acceptors (Lipinski definition) is 3. The highest BCUT2D eigenvalue weighted by Gasteiger charge is 2.34. The van der Waals surface area contributed by atoms with Crippen LogP contribution < -0.4 is 10.2 Å². The summed E-state index contributed by atoms with van der Waals surface area (Å²) in [5.74, 6) is 0.227. The fourth-order valence-corrected chi connectivity index (χ4v) is 5.15. The van der Waals surface area contributed by atoms with E-state index in [-0.39, 0.29) is 17.2 Å². The Morgan fingerprint density at radius 3 is 2.58 bits per heavy atom. The van der Waals surface area contributed by atoms with Gasteiger partial charge in [-0.2, -0.15) is 0 Å². The molecule has 2 amide bonds. The third-order valence-corrected chi connectivity index (χ3v) is 6.85. The van der Waals surface area contributed by atoms with Crippen LogP contribution in [0, 0.1) is 0 Å². The molecule has 0 bridgehead atoms. The van der Waals surface area contributed by atoms with Crippen molar-refractivity contribution in [2.75, 3.05) is 16.0 Å². The monoisotopic (exact) mass is 470 g/mol. The molecule has 7 heteroatoms. The molecule has 1 aliphatic rings. The lowest BCUT2D eigenvalue weighted by atomic mass is 10.1. The Morgan fingerprint density at radius 1 is 1.10 bits per heavy atom. The Balaban J connectivity index is 1.53. The number of aryl methyl sites for hydroxylation is 1. The van der Waals surface area contributed by atoms with Crippen LogP contribution in [0.15, 0.2) is 66.7 Å². The van der Waals surface area contributed by atoms with Crippen molar-refractivity contribution in [2.24, 2.45) is 0 Å². The van der Waals surface area contributed by atoms with E-state index in [9.17, 15) is 9.59 Å². The molecule has 158 valence electrons. The van der Waals surface area contributed by atoms with Gasteiger partial charge >= 0.3 is 0 Å². The van der Waals surface area contributed by atoms with Crippen molar-refractivity contribution in [1.29, 1.82) is 0 Å². The summed E-state index contributed by atoms with van der Waals surface area (Å²) in [6.45, 7) is 2.10. The lowest BCUT2D eigenvalue weighted by molar-refractivity contribution is -0.115. The normalized spacial score (nSPS) is 15.9. The molecular weight excluding hydrogens is 451 g/mol. The molecule has 1 fully saturated rings. The van der Waals surface area contributed by atoms with Crippen molar-refractivity contribution in [1.82, 2.24) is 0 Å². The van der Waals surface area contributed by atoms with E-state index in [2.05, 4.69) is 24.4 Å². The molecule has 0 aromatic heterocycles. The van der Waals surface area contributed by atoms with Gasteiger partial charge in [0.2, 0.25) is 5.91 Å². The summed E-state index contributed by atoms with van der Waals surface area (Å²) < 4.78 is 0. The number of rotatable bonds is 5. The summed E-state index contributed by atoms with van der Waals surface area (Å²) >= 11 is 13.6. The first-order valence-electron chi connectivity index (χ1n) is 9.85. The zero-order valence-corrected chi connectivity index (χ0v) is 19.1. The molecule has 0 saturated carbocycles. The standard InChI is InChI=1S/C24H20Cl2N2O2S/c1-2-15-4-3-5-19(12-15)28-22(29)14-31-24(28)16-6-9-18(10-7-16)27-23(30)20-11-8-17(25)13-21(20)26/h3-13,24H,2,14H2,1H3,(H,27,30)/t24-/m1/s1. The average molecular weight is 471 g/mol. The van der Waals surface area contributed by atoms with Crippen molar-refractivity contribution in [3.8, 4) is 0 Å². The zero-order valence-electron chi connectivity index (χ0n) is 16.8. The number of thioether (sulfide) groups is 1. The fraction of sp³-hybridized carbons (Fsp3) is 0.167. The van der Waals surface area contributed by atoms with Gasteiger partial charge in [-0.1, -0.05) is 54.4 Å². The summed E-state index contributed by atoms with van der Waals surface area (Å²) in [6.07, 6.45) is 0.916. The van der Waals surface area contributed by atoms with Gasteiger partial charge < -0.3 is 5.32 Å². The Morgan fingerprint density at radius 2 is 1.87 bits per heavy atom. The minimum absolute atomic E-state index is 0.0954. The lowest BCUT2D eigenvalue weighted by Crippen LogP contribution is -2.27. The van der Waals surface area contributed by atoms with Gasteiger partial charge in [0, 0.05) is 16.4 Å². The molecule has 0 radical (unpaired) electrons. The Labute approximate surface area is 195 Å². The number of benzene rings is 3. The topological polar surface area (TPSA) is 49.4 Å². The van der Waals surface area contributed by atoms with Gasteiger partial charge in [0.1, 0.15) is 5.37 Å². The van der Waals surface area contributed by atoms with Gasteiger partial charge in [-0.05, 0) is 60.0 Å². The van der Waals surface area contributed by atoms with Gasteiger partial charge in [0.05, 0.1) is 16.3 Å². The quantitative estimate of drug-likeness (QED) is 0.457. The van der Waals surface area contributed by atoms with Crippen LogP contribution in [-0.2, 0) is 11.2 Å². The maximum absolute atomic E-state index is 12.6. The summed E-state index contributed by atoms with van der Waals surface area (Å²) in [6, 6.07) is 20.4. The minimum atomic E-state index is -0.308. The summed E-state index contributed by atoms with van der Waals surface area (Å²) in [7, 11) is 0. The number of carbonyl (C=O) groups excluding carboxylic acids is 2. The zero-order chi connectivity index (χ0) is 22.0. The third-order valence-electron chi connectivity index (χ3n) is 5.09. The second-order valence-corrected chi connectivity index (χ2v) is 9.06. The Bertz CT molecular complexity index is 1130. The molecule has 1 atom stereocenters. The molecule has 3 aromatic carbocycles. The highest BCUT2D eigenvalue weighted by Crippen LogP contribution is 2.42. The molecule has 0 spiro atoms. The number of nitrogens with one attached hydrogen (secondary N) is 1. The first-order chi connectivity index (χ1) is 15.0. The highest BCUT2D eigenvalue weighted by atomic mass is 35.5. The number of anilines is 2. The van der Waals surface area contributed by atoms with Gasteiger partial charge in [0.25, 0.3) is 5.91 Å². The number of hydrogen-bond donors (Lipinski definition) is 1. The lowest BCUT2D eigenvalue weighted by Gasteiger charge is -2.25. The molecule has 1 N–H and O–H groups in total. The van der Waals surface area contributed by atoms with E-state index in [1.54, 1.807) is 23.9 Å². The SMILES string of the molecule is CCc1cccc(N2C(=O)CS[C@@H]2c2ccc(NC(=O)c3ccc(Cl)cc3Cl)cc2)c1. The van der Waals surface area contributed by atoms with Gasteiger partial charge in [-0.3, -0.25) is 14.5 Å². The van der Waals surface area contributed by atoms with Crippen LogP contribution in [0.2, 0.25) is 10.0 Å². The Hall–Kier alpha value is -2.47. The maximum Gasteiger partial charge on any atom is 0.257 e. The number of halogens is 2. The predicted octanol–water partition coefficient (Wildman–Crippen LogP) is 6.59. The van der Waals surface area contributed by atoms with E-state index in [1.807, 2.05) is 41.3 Å². The van der Waals surface area contributed by atoms with Crippen LogP contribution >= 0.6 is 35.0 Å². The summed E-state index contributed by atoms with van der Waals surface area (Å²) in [4.78, 5) is 27.0. The molecular formula is C24H20Cl2N2O2S. The fourth-order valence-electron chi connectivity index (χ4n) is 3.48. The van der Waals surface area contributed by atoms with E-state index in [1.165, 1.54) is 11.6 Å². The van der Waals surface area contributed by atoms with Crippen LogP contribution in [0.5, 0.6) is 0 Å². The van der Waals surface area contributed by atoms with Crippen LogP contribution in [0.3, 0.4) is 0 Å². The van der Waals surface area contributed by atoms with Crippen molar-refractivity contribution < 1.29 is 9.59 Å². The minimum Gasteiger partial charge on any atom is -0.322 e. The molecule has 1 heterocycles. The van der Waals surface area contributed by atoms with E-state index in [4.69, 9.17) is 23.2 Å². The van der Waals surface area contributed by atoms with Crippen molar-refractivity contribution in [3.05, 3.63) is 93.5 Å². The second kappa shape index (κ2) is 9.35. The number of nitrogens with zero attached hydrogens (tertiary/aromatic N) is 1. The van der Waals surface area contributed by atoms with Crippen molar-refractivity contribution in [3.63, 3.8) is 0 Å². The van der Waals surface area contributed by atoms with E-state index >= 15 is 0 Å². The first kappa shape index (κ1) is 21.8. The first-order valence-corrected chi connectivity index (χ1v) is 11.7. The third kappa shape index (κ3) is 4.74. The molecule has 4 rings (SSSR count). The Kier molecular flexibility index (Phi) is 6.56. The molecule has 31 heavy (non-hydrogen) atoms. The summed E-state index contributed by atoms with van der Waals surface area (Å²) in [5, 5.41) is 3.52. The van der Waals surface area contributed by atoms with E-state index in [0.717, 1.165) is 17.7 Å². The van der Waals surface area contributed by atoms with Gasteiger partial charge in [0.15, 0.2) is 0 Å². The molecule has 4 nitrogen and oxygen atoms in total. The van der Waals surface area contributed by atoms with Crippen molar-refractivity contribution in [2.45, 2.75) is 18.7 Å². The molecule has 0 unspecified atom stereocenters. The van der Waals surface area contributed by atoms with E-state index in [0.29, 0.717) is 27.0 Å². The van der Waals surface area contributed by atoms with E-state index < -0.39 is 0 Å². The highest BCUT2D eigenvalue weighted by molar-refractivity contribution is 8.00. The predicted molar refractivity (Wildman–Crippen MR) is 129 cm³/mol. The van der Waals surface area contributed by atoms with Gasteiger partial charge in [-0.25, -0.2) is 0 Å². The molecule has 0 aliphatic carbocycles. The average Bonchev–Trinajstić information content (AvgIpc) is 3.15. The molecule has 3 aromatic rings. The van der Waals surface area contributed by atoms with Crippen molar-refractivity contribution >= 4 is 58.2 Å². The van der Waals surface area contributed by atoms with Gasteiger partial charge in [-0.15, -0.1) is 11.8 Å².